The number of aromatic nitrogens is 2. The van der Waals surface area contributed by atoms with Gasteiger partial charge < -0.3 is 15.3 Å². The molecule has 2 fully saturated rings. The zero-order chi connectivity index (χ0) is 18.6. The molecule has 1 aromatic heterocycles. The molecule has 1 aromatic rings. The molecule has 0 unspecified atom stereocenters. The van der Waals surface area contributed by atoms with Crippen LogP contribution in [0.1, 0.15) is 38.2 Å². The Kier molecular flexibility index (Phi) is 5.70. The minimum Gasteiger partial charge on any atom is -0.480 e. The van der Waals surface area contributed by atoms with Gasteiger partial charge in [0.05, 0.1) is 0 Å². The number of aliphatic carboxylic acids is 1. The molecule has 2 aliphatic rings. The van der Waals surface area contributed by atoms with Gasteiger partial charge in [-0.3, -0.25) is 14.5 Å². The molecule has 0 radical (unpaired) electrons. The van der Waals surface area contributed by atoms with Crippen molar-refractivity contribution >= 4 is 17.8 Å². The monoisotopic (exact) mass is 361 g/mol. The summed E-state index contributed by atoms with van der Waals surface area (Å²) in [6.45, 7) is 5.92. The van der Waals surface area contributed by atoms with E-state index in [1.165, 1.54) is 4.90 Å². The third-order valence-electron chi connectivity index (χ3n) is 5.44. The van der Waals surface area contributed by atoms with Gasteiger partial charge in [-0.1, -0.05) is 0 Å². The maximum Gasteiger partial charge on any atom is 0.323 e. The highest BCUT2D eigenvalue weighted by molar-refractivity contribution is 5.82. The maximum atomic E-state index is 12.0. The second-order valence-corrected chi connectivity index (χ2v) is 7.36. The summed E-state index contributed by atoms with van der Waals surface area (Å²) < 4.78 is 0. The quantitative estimate of drug-likeness (QED) is 0.785. The normalized spacial score (nSPS) is 20.3. The number of nitrogens with zero attached hydrogens (tertiary/aromatic N) is 4. The van der Waals surface area contributed by atoms with E-state index in [1.54, 1.807) is 0 Å². The third-order valence-corrected chi connectivity index (χ3v) is 5.44. The van der Waals surface area contributed by atoms with Crippen LogP contribution in [0.15, 0.2) is 12.4 Å². The molecular weight excluding hydrogens is 334 g/mol. The Hall–Kier alpha value is -2.22. The molecule has 1 amide bonds. The van der Waals surface area contributed by atoms with Crippen molar-refractivity contribution in [3.63, 3.8) is 0 Å². The molecule has 0 aromatic carbocycles. The van der Waals surface area contributed by atoms with Gasteiger partial charge in [-0.15, -0.1) is 0 Å². The predicted molar refractivity (Wildman–Crippen MR) is 96.6 cm³/mol. The molecule has 2 N–H and O–H groups in total. The fraction of sp³-hybridized carbons (Fsp3) is 0.667. The van der Waals surface area contributed by atoms with Crippen LogP contribution in [0.4, 0.5) is 5.95 Å². The highest BCUT2D eigenvalue weighted by Gasteiger charge is 2.41. The van der Waals surface area contributed by atoms with E-state index in [0.717, 1.165) is 51.0 Å². The van der Waals surface area contributed by atoms with Crippen molar-refractivity contribution in [2.24, 2.45) is 5.41 Å². The van der Waals surface area contributed by atoms with Gasteiger partial charge in [0.2, 0.25) is 11.9 Å². The number of hydrogen-bond acceptors (Lipinski definition) is 6. The lowest BCUT2D eigenvalue weighted by Crippen LogP contribution is -2.52. The molecule has 0 saturated carbocycles. The number of anilines is 1. The van der Waals surface area contributed by atoms with Crippen LogP contribution in [-0.4, -0.2) is 69.5 Å². The fourth-order valence-corrected chi connectivity index (χ4v) is 3.95. The highest BCUT2D eigenvalue weighted by atomic mass is 16.4. The lowest BCUT2D eigenvalue weighted by atomic mass is 9.72. The topological polar surface area (TPSA) is 98.7 Å². The number of likely N-dealkylation sites (tertiary alicyclic amines) is 2. The van der Waals surface area contributed by atoms with Crippen LogP contribution in [-0.2, 0) is 16.1 Å². The molecule has 1 spiro atoms. The van der Waals surface area contributed by atoms with E-state index >= 15 is 0 Å². The first kappa shape index (κ1) is 18.6. The van der Waals surface area contributed by atoms with Crippen LogP contribution in [0, 0.1) is 5.41 Å². The average Bonchev–Trinajstić information content (AvgIpc) is 2.62. The summed E-state index contributed by atoms with van der Waals surface area (Å²) in [7, 11) is 0. The number of carbonyl (C=O) groups is 2. The molecule has 2 saturated heterocycles. The summed E-state index contributed by atoms with van der Waals surface area (Å²) in [4.78, 5) is 35.5. The van der Waals surface area contributed by atoms with Crippen LogP contribution in [0.5, 0.6) is 0 Å². The van der Waals surface area contributed by atoms with E-state index in [2.05, 4.69) is 20.2 Å². The Morgan fingerprint density at radius 3 is 2.58 bits per heavy atom. The molecule has 3 rings (SSSR count). The smallest absolute Gasteiger partial charge is 0.323 e. The second kappa shape index (κ2) is 7.99. The molecule has 2 aliphatic heterocycles. The van der Waals surface area contributed by atoms with Crippen LogP contribution in [0.25, 0.3) is 0 Å². The largest absolute Gasteiger partial charge is 0.480 e. The number of carboxylic acids is 1. The van der Waals surface area contributed by atoms with Crippen molar-refractivity contribution in [2.45, 2.75) is 39.2 Å². The number of carboxylic acid groups (broad SMARTS) is 1. The van der Waals surface area contributed by atoms with Gasteiger partial charge in [0.1, 0.15) is 6.54 Å². The molecule has 26 heavy (non-hydrogen) atoms. The van der Waals surface area contributed by atoms with Crippen molar-refractivity contribution in [1.82, 2.24) is 19.8 Å². The number of hydrogen-bond donors (Lipinski definition) is 2. The minimum absolute atomic E-state index is 0.0293. The average molecular weight is 361 g/mol. The van der Waals surface area contributed by atoms with Crippen LogP contribution < -0.4 is 5.32 Å². The van der Waals surface area contributed by atoms with Gasteiger partial charge >= 0.3 is 5.97 Å². The van der Waals surface area contributed by atoms with Crippen molar-refractivity contribution in [3.05, 3.63) is 18.0 Å². The van der Waals surface area contributed by atoms with Crippen molar-refractivity contribution in [2.75, 3.05) is 38.0 Å². The standard InChI is InChI=1S/C18H27N5O3/c1-2-19-17-20-9-14(10-21-17)11-22-7-5-18(6-8-22)4-3-15(24)23(13-18)12-16(25)26/h9-10H,2-8,11-13H2,1H3,(H,25,26)(H,19,20,21). The summed E-state index contributed by atoms with van der Waals surface area (Å²) in [5.41, 5.74) is 1.17. The van der Waals surface area contributed by atoms with Crippen molar-refractivity contribution < 1.29 is 14.7 Å². The van der Waals surface area contributed by atoms with Gasteiger partial charge in [-0.05, 0) is 44.7 Å². The summed E-state index contributed by atoms with van der Waals surface area (Å²) in [5, 5.41) is 12.1. The summed E-state index contributed by atoms with van der Waals surface area (Å²) in [6, 6.07) is 0. The molecule has 8 nitrogen and oxygen atoms in total. The number of amides is 1. The second-order valence-electron chi connectivity index (χ2n) is 7.36. The van der Waals surface area contributed by atoms with E-state index in [4.69, 9.17) is 5.11 Å². The zero-order valence-electron chi connectivity index (χ0n) is 15.3. The Morgan fingerprint density at radius 1 is 1.27 bits per heavy atom. The summed E-state index contributed by atoms with van der Waals surface area (Å²) >= 11 is 0. The minimum atomic E-state index is -0.936. The molecule has 8 heteroatoms. The number of carbonyl (C=O) groups excluding carboxylic acids is 1. The predicted octanol–water partition coefficient (Wildman–Crippen LogP) is 1.20. The number of rotatable bonds is 6. The number of nitrogens with one attached hydrogen (secondary N) is 1. The van der Waals surface area contributed by atoms with E-state index in [-0.39, 0.29) is 17.9 Å². The van der Waals surface area contributed by atoms with Gasteiger partial charge in [0.25, 0.3) is 0 Å². The van der Waals surface area contributed by atoms with E-state index < -0.39 is 5.97 Å². The van der Waals surface area contributed by atoms with Crippen molar-refractivity contribution in [3.8, 4) is 0 Å². The third kappa shape index (κ3) is 4.49. The lowest BCUT2D eigenvalue weighted by Gasteiger charge is -2.47. The van der Waals surface area contributed by atoms with Crippen LogP contribution in [0.2, 0.25) is 0 Å². The molecule has 0 bridgehead atoms. The molecule has 3 heterocycles. The molecular formula is C18H27N5O3. The van der Waals surface area contributed by atoms with Gasteiger partial charge in [0.15, 0.2) is 0 Å². The first-order chi connectivity index (χ1) is 12.5. The SMILES string of the molecule is CCNc1ncc(CN2CCC3(CCC(=O)N(CC(=O)O)C3)CC2)cn1. The Labute approximate surface area is 153 Å². The highest BCUT2D eigenvalue weighted by Crippen LogP contribution is 2.40. The molecule has 0 atom stereocenters. The summed E-state index contributed by atoms with van der Waals surface area (Å²) in [6.07, 6.45) is 7.05. The lowest BCUT2D eigenvalue weighted by molar-refractivity contribution is -0.149. The zero-order valence-corrected chi connectivity index (χ0v) is 15.3. The van der Waals surface area contributed by atoms with Crippen LogP contribution in [0.3, 0.4) is 0 Å². The first-order valence-electron chi connectivity index (χ1n) is 9.26. The fourth-order valence-electron chi connectivity index (χ4n) is 3.95. The van der Waals surface area contributed by atoms with Crippen molar-refractivity contribution in [1.29, 1.82) is 0 Å². The first-order valence-corrected chi connectivity index (χ1v) is 9.26. The van der Waals surface area contributed by atoms with Gasteiger partial charge in [-0.2, -0.15) is 0 Å². The van der Waals surface area contributed by atoms with E-state index in [0.29, 0.717) is 18.9 Å². The number of piperidine rings is 2. The van der Waals surface area contributed by atoms with E-state index in [9.17, 15) is 9.59 Å². The molecule has 0 aliphatic carbocycles. The molecule has 142 valence electrons. The van der Waals surface area contributed by atoms with Gasteiger partial charge in [0, 0.05) is 44.0 Å². The Morgan fingerprint density at radius 2 is 1.96 bits per heavy atom. The van der Waals surface area contributed by atoms with Gasteiger partial charge in [-0.25, -0.2) is 9.97 Å². The van der Waals surface area contributed by atoms with E-state index in [1.807, 2.05) is 19.3 Å². The Bertz CT molecular complexity index is 641. The maximum absolute atomic E-state index is 12.0. The van der Waals surface area contributed by atoms with Crippen LogP contribution >= 0.6 is 0 Å². The Balaban J connectivity index is 1.53. The summed E-state index contributed by atoms with van der Waals surface area (Å²) in [5.74, 6) is -0.313.